The second-order valence-electron chi connectivity index (χ2n) is 6.71. The van der Waals surface area contributed by atoms with E-state index >= 15 is 0 Å². The van der Waals surface area contributed by atoms with Crippen molar-refractivity contribution >= 4 is 42.3 Å². The molecule has 0 radical (unpaired) electrons. The van der Waals surface area contributed by atoms with Gasteiger partial charge in [-0.25, -0.2) is 4.79 Å². The van der Waals surface area contributed by atoms with Crippen molar-refractivity contribution in [3.8, 4) is 0 Å². The first-order chi connectivity index (χ1) is 14.0. The molecule has 0 aliphatic rings. The van der Waals surface area contributed by atoms with Gasteiger partial charge in [0.15, 0.2) is 0 Å². The molecule has 0 aliphatic carbocycles. The predicted octanol–water partition coefficient (Wildman–Crippen LogP) is -2.20. The number of carboxylic acids is 2. The first-order valence-corrected chi connectivity index (χ1v) is 10.1. The van der Waals surface area contributed by atoms with E-state index in [-0.39, 0.29) is 18.6 Å². The Labute approximate surface area is 179 Å². The minimum atomic E-state index is -1.24. The maximum atomic E-state index is 12.5. The third-order valence-corrected chi connectivity index (χ3v) is 4.44. The molecule has 30 heavy (non-hydrogen) atoms. The highest BCUT2D eigenvalue weighted by atomic mass is 32.1. The fourth-order valence-corrected chi connectivity index (χ4v) is 2.59. The third kappa shape index (κ3) is 11.0. The second-order valence-corrected chi connectivity index (χ2v) is 7.08. The molecule has 0 spiro atoms. The lowest BCUT2D eigenvalue weighted by Crippen LogP contribution is -2.57. The van der Waals surface area contributed by atoms with Crippen LogP contribution in [0.1, 0.15) is 39.0 Å². The van der Waals surface area contributed by atoms with Crippen molar-refractivity contribution in [3.05, 3.63) is 0 Å². The van der Waals surface area contributed by atoms with Gasteiger partial charge in [-0.1, -0.05) is 0 Å². The monoisotopic (exact) mass is 449 g/mol. The summed E-state index contributed by atoms with van der Waals surface area (Å²) in [5.74, 6) is -4.80. The Balaban J connectivity index is 5.12. The summed E-state index contributed by atoms with van der Waals surface area (Å²) in [7, 11) is 0. The lowest BCUT2D eigenvalue weighted by molar-refractivity contribution is -0.142. The molecule has 0 rings (SSSR count). The van der Waals surface area contributed by atoms with Crippen molar-refractivity contribution in [2.24, 2.45) is 11.5 Å². The zero-order valence-electron chi connectivity index (χ0n) is 16.8. The fourth-order valence-electron chi connectivity index (χ4n) is 2.33. The Morgan fingerprint density at radius 3 is 1.87 bits per heavy atom. The summed E-state index contributed by atoms with van der Waals surface area (Å²) in [5, 5.41) is 25.1. The van der Waals surface area contributed by atoms with Crippen molar-refractivity contribution in [2.45, 2.75) is 63.2 Å². The van der Waals surface area contributed by atoms with E-state index in [0.717, 1.165) is 0 Å². The van der Waals surface area contributed by atoms with Gasteiger partial charge in [0.05, 0.1) is 6.04 Å². The third-order valence-electron chi connectivity index (χ3n) is 4.07. The number of rotatable bonds is 15. The second kappa shape index (κ2) is 14.6. The summed E-state index contributed by atoms with van der Waals surface area (Å²) >= 11 is 4.00. The number of carbonyl (C=O) groups excluding carboxylic acids is 3. The minimum Gasteiger partial charge on any atom is -0.481 e. The number of unbranched alkanes of at least 4 members (excludes halogenated alkanes) is 1. The SMILES string of the molecule is C[C@H](N)C(=O)N[C@@H](CCC(=O)O)C(=O)N[C@@H](CS)C(=O)N[C@@H](CCCCN)C(=O)O. The number of amides is 3. The Morgan fingerprint density at radius 2 is 1.40 bits per heavy atom. The molecule has 0 unspecified atom stereocenters. The van der Waals surface area contributed by atoms with Gasteiger partial charge in [-0.15, -0.1) is 0 Å². The van der Waals surface area contributed by atoms with Crippen LogP contribution in [0.25, 0.3) is 0 Å². The van der Waals surface area contributed by atoms with Gasteiger partial charge >= 0.3 is 11.9 Å². The van der Waals surface area contributed by atoms with Crippen LogP contribution in [0.5, 0.6) is 0 Å². The molecule has 0 aliphatic heterocycles. The first-order valence-electron chi connectivity index (χ1n) is 9.45. The molecule has 4 atom stereocenters. The van der Waals surface area contributed by atoms with Crippen LogP contribution >= 0.6 is 12.6 Å². The summed E-state index contributed by atoms with van der Waals surface area (Å²) in [5.41, 5.74) is 10.8. The molecular weight excluding hydrogens is 418 g/mol. The Hall–Kier alpha value is -2.38. The molecule has 0 saturated heterocycles. The maximum absolute atomic E-state index is 12.5. The lowest BCUT2D eigenvalue weighted by Gasteiger charge is -2.24. The van der Waals surface area contributed by atoms with Gasteiger partial charge in [0.2, 0.25) is 17.7 Å². The van der Waals surface area contributed by atoms with E-state index in [0.29, 0.717) is 19.4 Å². The smallest absolute Gasteiger partial charge is 0.326 e. The first kappa shape index (κ1) is 27.6. The molecule has 0 fully saturated rings. The molecule has 0 heterocycles. The van der Waals surface area contributed by atoms with Crippen LogP contribution in [0.4, 0.5) is 0 Å². The molecule has 3 amide bonds. The largest absolute Gasteiger partial charge is 0.481 e. The van der Waals surface area contributed by atoms with E-state index in [2.05, 4.69) is 28.6 Å². The van der Waals surface area contributed by atoms with Crippen molar-refractivity contribution in [1.82, 2.24) is 16.0 Å². The van der Waals surface area contributed by atoms with Gasteiger partial charge in [0.1, 0.15) is 18.1 Å². The van der Waals surface area contributed by atoms with Crippen LogP contribution in [0.3, 0.4) is 0 Å². The zero-order valence-corrected chi connectivity index (χ0v) is 17.7. The van der Waals surface area contributed by atoms with Crippen LogP contribution in [-0.2, 0) is 24.0 Å². The van der Waals surface area contributed by atoms with Crippen molar-refractivity contribution < 1.29 is 34.2 Å². The number of aliphatic carboxylic acids is 2. The van der Waals surface area contributed by atoms with Gasteiger partial charge in [-0.05, 0) is 39.2 Å². The van der Waals surface area contributed by atoms with Gasteiger partial charge in [-0.2, -0.15) is 12.6 Å². The van der Waals surface area contributed by atoms with E-state index in [1.54, 1.807) is 0 Å². The number of nitrogens with one attached hydrogen (secondary N) is 3. The van der Waals surface area contributed by atoms with Crippen LogP contribution in [0.2, 0.25) is 0 Å². The molecule has 172 valence electrons. The molecule has 0 aromatic rings. The van der Waals surface area contributed by atoms with Gasteiger partial charge < -0.3 is 37.6 Å². The van der Waals surface area contributed by atoms with Gasteiger partial charge in [0, 0.05) is 12.2 Å². The normalized spacial score (nSPS) is 14.7. The molecular formula is C17H31N5O7S. The van der Waals surface area contributed by atoms with Crippen molar-refractivity contribution in [1.29, 1.82) is 0 Å². The highest BCUT2D eigenvalue weighted by Gasteiger charge is 2.29. The van der Waals surface area contributed by atoms with Crippen LogP contribution in [-0.4, -0.2) is 76.3 Å². The fraction of sp³-hybridized carbons (Fsp3) is 0.706. The average Bonchev–Trinajstić information content (AvgIpc) is 2.67. The highest BCUT2D eigenvalue weighted by molar-refractivity contribution is 7.80. The van der Waals surface area contributed by atoms with Gasteiger partial charge in [-0.3, -0.25) is 19.2 Å². The average molecular weight is 450 g/mol. The molecule has 0 aromatic carbocycles. The van der Waals surface area contributed by atoms with E-state index in [4.69, 9.17) is 16.6 Å². The Bertz CT molecular complexity index is 617. The highest BCUT2D eigenvalue weighted by Crippen LogP contribution is 2.04. The number of thiol groups is 1. The van der Waals surface area contributed by atoms with Crippen LogP contribution < -0.4 is 27.4 Å². The minimum absolute atomic E-state index is 0.153. The number of hydrogen-bond acceptors (Lipinski definition) is 8. The van der Waals surface area contributed by atoms with E-state index in [9.17, 15) is 29.1 Å². The number of nitrogens with two attached hydrogens (primary N) is 2. The Kier molecular flexibility index (Phi) is 13.4. The molecule has 9 N–H and O–H groups in total. The molecule has 13 heteroatoms. The lowest BCUT2D eigenvalue weighted by atomic mass is 10.1. The molecule has 0 bridgehead atoms. The van der Waals surface area contributed by atoms with Crippen LogP contribution in [0.15, 0.2) is 0 Å². The van der Waals surface area contributed by atoms with E-state index in [1.807, 2.05) is 0 Å². The van der Waals surface area contributed by atoms with Gasteiger partial charge in [0.25, 0.3) is 0 Å². The topological polar surface area (TPSA) is 214 Å². The van der Waals surface area contributed by atoms with Crippen molar-refractivity contribution in [2.75, 3.05) is 12.3 Å². The molecule has 0 aromatic heterocycles. The quantitative estimate of drug-likeness (QED) is 0.100. The van der Waals surface area contributed by atoms with E-state index in [1.165, 1.54) is 6.92 Å². The van der Waals surface area contributed by atoms with Crippen molar-refractivity contribution in [3.63, 3.8) is 0 Å². The molecule has 0 saturated carbocycles. The number of carboxylic acid groups (broad SMARTS) is 2. The summed E-state index contributed by atoms with van der Waals surface area (Å²) in [6, 6.07) is -4.53. The number of hydrogen-bond donors (Lipinski definition) is 8. The zero-order chi connectivity index (χ0) is 23.3. The Morgan fingerprint density at radius 1 is 0.867 bits per heavy atom. The summed E-state index contributed by atoms with van der Waals surface area (Å²) < 4.78 is 0. The summed E-state index contributed by atoms with van der Waals surface area (Å²) in [6.45, 7) is 1.78. The number of carbonyl (C=O) groups is 5. The van der Waals surface area contributed by atoms with Crippen LogP contribution in [0, 0.1) is 0 Å². The summed E-state index contributed by atoms with van der Waals surface area (Å²) in [4.78, 5) is 58.9. The predicted molar refractivity (Wildman–Crippen MR) is 111 cm³/mol. The summed E-state index contributed by atoms with van der Waals surface area (Å²) in [6.07, 6.45) is 0.620. The molecule has 12 nitrogen and oxygen atoms in total. The maximum Gasteiger partial charge on any atom is 0.326 e. The standard InChI is InChI=1S/C17H31N5O7S/c1-9(19)14(25)20-10(5-6-13(23)24)15(26)22-12(8-30)16(27)21-11(17(28)29)4-2-3-7-18/h9-12,30H,2-8,18-19H2,1H3,(H,20,25)(H,21,27)(H,22,26)(H,23,24)(H,28,29)/t9-,10-,11-,12-/m0/s1. The van der Waals surface area contributed by atoms with E-state index < -0.39 is 60.2 Å².